The molecular formula is C12H18N4O3S. The van der Waals surface area contributed by atoms with Crippen molar-refractivity contribution < 1.29 is 14.7 Å². The standard InChI is InChI=1S/C12H18N4O3S/c1-3-8-4-5-16(9(6-8)10(17)18)12(19)14-11-13-7(2)15-20-11/h8-9H,3-6H2,1-2H3,(H,17,18)(H,13,14,15,19). The molecule has 20 heavy (non-hydrogen) atoms. The van der Waals surface area contributed by atoms with Gasteiger partial charge in [-0.2, -0.15) is 4.37 Å². The highest BCUT2D eigenvalue weighted by Crippen LogP contribution is 2.26. The van der Waals surface area contributed by atoms with Crippen LogP contribution in [0.1, 0.15) is 32.0 Å². The highest BCUT2D eigenvalue weighted by Gasteiger charge is 2.35. The van der Waals surface area contributed by atoms with Gasteiger partial charge in [0.05, 0.1) is 0 Å². The molecule has 2 rings (SSSR count). The molecule has 1 fully saturated rings. The zero-order valence-electron chi connectivity index (χ0n) is 11.5. The first kappa shape index (κ1) is 14.7. The number of carbonyl (C=O) groups excluding carboxylic acids is 1. The molecule has 1 aromatic heterocycles. The third-order valence-electron chi connectivity index (χ3n) is 3.58. The summed E-state index contributed by atoms with van der Waals surface area (Å²) in [5.41, 5.74) is 0. The van der Waals surface area contributed by atoms with Crippen molar-refractivity contribution in [2.45, 2.75) is 39.2 Å². The van der Waals surface area contributed by atoms with Gasteiger partial charge in [0.1, 0.15) is 11.9 Å². The summed E-state index contributed by atoms with van der Waals surface area (Å²) in [4.78, 5) is 28.9. The number of anilines is 1. The fraction of sp³-hybridized carbons (Fsp3) is 0.667. The third-order valence-corrected chi connectivity index (χ3v) is 4.30. The molecule has 2 atom stereocenters. The maximum atomic E-state index is 12.2. The number of nitrogens with one attached hydrogen (secondary N) is 1. The number of carbonyl (C=O) groups is 2. The molecule has 2 amide bonds. The number of aliphatic carboxylic acids is 1. The predicted molar refractivity (Wildman–Crippen MR) is 74.8 cm³/mol. The Kier molecular flexibility index (Phi) is 4.53. The zero-order chi connectivity index (χ0) is 14.7. The molecule has 110 valence electrons. The lowest BCUT2D eigenvalue weighted by Crippen LogP contribution is -2.51. The van der Waals surface area contributed by atoms with E-state index in [1.807, 2.05) is 6.92 Å². The van der Waals surface area contributed by atoms with Crippen molar-refractivity contribution in [3.63, 3.8) is 0 Å². The van der Waals surface area contributed by atoms with E-state index in [0.29, 0.717) is 29.8 Å². The van der Waals surface area contributed by atoms with Gasteiger partial charge in [0.25, 0.3) is 0 Å². The van der Waals surface area contributed by atoms with Gasteiger partial charge < -0.3 is 10.0 Å². The van der Waals surface area contributed by atoms with E-state index < -0.39 is 18.0 Å². The molecule has 0 bridgehead atoms. The van der Waals surface area contributed by atoms with Crippen molar-refractivity contribution in [1.29, 1.82) is 0 Å². The number of aromatic nitrogens is 2. The van der Waals surface area contributed by atoms with Crippen molar-refractivity contribution >= 4 is 28.7 Å². The van der Waals surface area contributed by atoms with E-state index in [-0.39, 0.29) is 0 Å². The molecule has 1 aliphatic rings. The highest BCUT2D eigenvalue weighted by atomic mass is 32.1. The van der Waals surface area contributed by atoms with Crippen LogP contribution in [0.5, 0.6) is 0 Å². The zero-order valence-corrected chi connectivity index (χ0v) is 12.3. The summed E-state index contributed by atoms with van der Waals surface area (Å²) in [6.07, 6.45) is 2.28. The number of aryl methyl sites for hydroxylation is 1. The molecule has 0 saturated carbocycles. The Bertz CT molecular complexity index is 505. The number of amides is 2. The van der Waals surface area contributed by atoms with Crippen LogP contribution in [0.2, 0.25) is 0 Å². The van der Waals surface area contributed by atoms with Gasteiger partial charge in [0, 0.05) is 18.1 Å². The summed E-state index contributed by atoms with van der Waals surface area (Å²) in [7, 11) is 0. The number of carboxylic acid groups (broad SMARTS) is 1. The second-order valence-corrected chi connectivity index (χ2v) is 5.67. The minimum atomic E-state index is -0.952. The minimum absolute atomic E-state index is 0.365. The number of hydrogen-bond donors (Lipinski definition) is 2. The number of carboxylic acids is 1. The number of likely N-dealkylation sites (tertiary alicyclic amines) is 1. The van der Waals surface area contributed by atoms with Gasteiger partial charge in [-0.25, -0.2) is 14.6 Å². The fourth-order valence-electron chi connectivity index (χ4n) is 2.40. The van der Waals surface area contributed by atoms with Crippen LogP contribution in [0.15, 0.2) is 0 Å². The van der Waals surface area contributed by atoms with Gasteiger partial charge in [0.15, 0.2) is 0 Å². The molecule has 2 unspecified atom stereocenters. The van der Waals surface area contributed by atoms with Crippen molar-refractivity contribution in [2.24, 2.45) is 5.92 Å². The van der Waals surface area contributed by atoms with Gasteiger partial charge in [-0.15, -0.1) is 0 Å². The summed E-state index contributed by atoms with van der Waals surface area (Å²) >= 11 is 1.09. The van der Waals surface area contributed by atoms with Gasteiger partial charge in [-0.3, -0.25) is 5.32 Å². The first-order valence-electron chi connectivity index (χ1n) is 6.62. The molecule has 7 nitrogen and oxygen atoms in total. The number of hydrogen-bond acceptors (Lipinski definition) is 5. The molecule has 0 spiro atoms. The van der Waals surface area contributed by atoms with Gasteiger partial charge in [-0.1, -0.05) is 13.3 Å². The summed E-state index contributed by atoms with van der Waals surface area (Å²) < 4.78 is 3.98. The Morgan fingerprint density at radius 1 is 1.55 bits per heavy atom. The van der Waals surface area contributed by atoms with E-state index in [4.69, 9.17) is 0 Å². The maximum Gasteiger partial charge on any atom is 0.326 e. The summed E-state index contributed by atoms with van der Waals surface area (Å²) in [6, 6.07) is -1.18. The molecule has 0 radical (unpaired) electrons. The summed E-state index contributed by atoms with van der Waals surface area (Å²) in [5, 5.41) is 12.3. The normalized spacial score (nSPS) is 22.6. The van der Waals surface area contributed by atoms with Gasteiger partial charge in [-0.05, 0) is 25.7 Å². The molecule has 1 saturated heterocycles. The highest BCUT2D eigenvalue weighted by molar-refractivity contribution is 7.09. The number of urea groups is 1. The SMILES string of the molecule is CCC1CCN(C(=O)Nc2nc(C)ns2)C(C(=O)O)C1. The molecule has 8 heteroatoms. The van der Waals surface area contributed by atoms with E-state index in [2.05, 4.69) is 14.7 Å². The maximum absolute atomic E-state index is 12.2. The average molecular weight is 298 g/mol. The van der Waals surface area contributed by atoms with Crippen LogP contribution in [0.3, 0.4) is 0 Å². The largest absolute Gasteiger partial charge is 0.480 e. The summed E-state index contributed by atoms with van der Waals surface area (Å²) in [6.45, 7) is 4.24. The van der Waals surface area contributed by atoms with Crippen molar-refractivity contribution in [3.05, 3.63) is 5.82 Å². The second kappa shape index (κ2) is 6.17. The molecular weight excluding hydrogens is 280 g/mol. The lowest BCUT2D eigenvalue weighted by Gasteiger charge is -2.36. The lowest BCUT2D eigenvalue weighted by molar-refractivity contribution is -0.143. The molecule has 1 aromatic rings. The Balaban J connectivity index is 2.05. The monoisotopic (exact) mass is 298 g/mol. The number of piperidine rings is 1. The van der Waals surface area contributed by atoms with Crippen LogP contribution in [0, 0.1) is 12.8 Å². The smallest absolute Gasteiger partial charge is 0.326 e. The molecule has 0 aliphatic carbocycles. The van der Waals surface area contributed by atoms with Crippen LogP contribution < -0.4 is 5.32 Å². The summed E-state index contributed by atoms with van der Waals surface area (Å²) in [5.74, 6) is 0.000411. The van der Waals surface area contributed by atoms with Crippen LogP contribution in [-0.4, -0.2) is 44.0 Å². The van der Waals surface area contributed by atoms with Crippen LogP contribution in [0.25, 0.3) is 0 Å². The lowest BCUT2D eigenvalue weighted by atomic mass is 9.89. The van der Waals surface area contributed by atoms with E-state index in [9.17, 15) is 14.7 Å². The third kappa shape index (κ3) is 3.24. The minimum Gasteiger partial charge on any atom is -0.480 e. The Hall–Kier alpha value is -1.70. The van der Waals surface area contributed by atoms with Crippen molar-refractivity contribution in [2.75, 3.05) is 11.9 Å². The molecule has 1 aliphatic heterocycles. The number of nitrogens with zero attached hydrogens (tertiary/aromatic N) is 3. The van der Waals surface area contributed by atoms with E-state index in [1.54, 1.807) is 6.92 Å². The van der Waals surface area contributed by atoms with Crippen LogP contribution >= 0.6 is 11.5 Å². The average Bonchev–Trinajstić information content (AvgIpc) is 2.83. The van der Waals surface area contributed by atoms with Gasteiger partial charge >= 0.3 is 12.0 Å². The fourth-order valence-corrected chi connectivity index (χ4v) is 2.96. The van der Waals surface area contributed by atoms with Gasteiger partial charge in [0.2, 0.25) is 5.13 Å². The van der Waals surface area contributed by atoms with Crippen molar-refractivity contribution in [1.82, 2.24) is 14.3 Å². The Morgan fingerprint density at radius 2 is 2.30 bits per heavy atom. The number of rotatable bonds is 3. The Morgan fingerprint density at radius 3 is 2.85 bits per heavy atom. The first-order chi connectivity index (χ1) is 9.51. The second-order valence-electron chi connectivity index (χ2n) is 4.92. The molecule has 0 aromatic carbocycles. The first-order valence-corrected chi connectivity index (χ1v) is 7.39. The Labute approximate surface area is 121 Å². The molecule has 2 heterocycles. The van der Waals surface area contributed by atoms with E-state index in [1.165, 1.54) is 4.90 Å². The van der Waals surface area contributed by atoms with Crippen LogP contribution in [0.4, 0.5) is 9.93 Å². The van der Waals surface area contributed by atoms with Crippen LogP contribution in [-0.2, 0) is 4.79 Å². The van der Waals surface area contributed by atoms with E-state index >= 15 is 0 Å². The quantitative estimate of drug-likeness (QED) is 0.889. The topological polar surface area (TPSA) is 95.4 Å². The molecule has 2 N–H and O–H groups in total. The van der Waals surface area contributed by atoms with E-state index in [0.717, 1.165) is 24.4 Å². The van der Waals surface area contributed by atoms with Crippen molar-refractivity contribution in [3.8, 4) is 0 Å². The predicted octanol–water partition coefficient (Wildman–Crippen LogP) is 1.95.